The van der Waals surface area contributed by atoms with Gasteiger partial charge in [-0.3, -0.25) is 14.5 Å². The highest BCUT2D eigenvalue weighted by Crippen LogP contribution is 2.43. The molecule has 2 unspecified atom stereocenters. The molecule has 0 saturated carbocycles. The summed E-state index contributed by atoms with van der Waals surface area (Å²) in [5.41, 5.74) is 5.11. The largest absolute Gasteiger partial charge is 0.390 e. The highest BCUT2D eigenvalue weighted by Gasteiger charge is 2.52. The van der Waals surface area contributed by atoms with Gasteiger partial charge in [-0.05, 0) is 51.0 Å². The number of nitrogens with zero attached hydrogens (tertiary/aromatic N) is 4. The maximum Gasteiger partial charge on any atom is 0.281 e. The Bertz CT molecular complexity index is 836. The molecule has 3 rings (SSSR count). The van der Waals surface area contributed by atoms with E-state index in [0.717, 1.165) is 38.5 Å². The lowest BCUT2D eigenvalue weighted by Crippen LogP contribution is -2.60. The molecule has 0 radical (unpaired) electrons. The standard InChI is InChI=1S/C22H42N6O5S/c1-17(29)26(12-10-24-13-18-7-11-27(14-18)34(32,33)25(2)3)15-20(30)16-28-19-5-4-8-22(28,9-6-19)21(23)31/h18-20,24,30H,4-16H2,1-3H3,(H2,23,31)/t18?,19-,20?,22+/m1/s1. The lowest BCUT2D eigenvalue weighted by Gasteiger charge is -2.44. The van der Waals surface area contributed by atoms with Gasteiger partial charge in [-0.25, -0.2) is 0 Å². The van der Waals surface area contributed by atoms with E-state index in [1.54, 1.807) is 4.90 Å². The van der Waals surface area contributed by atoms with E-state index in [1.165, 1.54) is 29.6 Å². The average Bonchev–Trinajstić information content (AvgIpc) is 3.30. The van der Waals surface area contributed by atoms with Gasteiger partial charge in [-0.1, -0.05) is 0 Å². The van der Waals surface area contributed by atoms with E-state index in [-0.39, 0.29) is 30.3 Å². The van der Waals surface area contributed by atoms with E-state index >= 15 is 0 Å². The minimum Gasteiger partial charge on any atom is -0.390 e. The van der Waals surface area contributed by atoms with Crippen molar-refractivity contribution in [3.8, 4) is 0 Å². The summed E-state index contributed by atoms with van der Waals surface area (Å²) in [4.78, 5) is 28.1. The smallest absolute Gasteiger partial charge is 0.281 e. The number of β-amino-alcohol motifs (C(OH)–C–C–N with tert-alkyl or cyclic N) is 1. The Morgan fingerprint density at radius 3 is 2.62 bits per heavy atom. The normalized spacial score (nSPS) is 29.0. The summed E-state index contributed by atoms with van der Waals surface area (Å²) < 4.78 is 27.2. The van der Waals surface area contributed by atoms with E-state index in [2.05, 4.69) is 10.2 Å². The molecule has 3 fully saturated rings. The van der Waals surface area contributed by atoms with Crippen LogP contribution in [0.3, 0.4) is 0 Å². The number of primary amides is 1. The molecule has 11 nitrogen and oxygen atoms in total. The molecule has 196 valence electrons. The number of aliphatic hydroxyl groups is 1. The summed E-state index contributed by atoms with van der Waals surface area (Å²) in [6, 6.07) is 0.269. The maximum atomic E-state index is 12.3. The molecule has 34 heavy (non-hydrogen) atoms. The van der Waals surface area contributed by atoms with Crippen LogP contribution in [0.4, 0.5) is 0 Å². The van der Waals surface area contributed by atoms with E-state index in [0.29, 0.717) is 39.3 Å². The summed E-state index contributed by atoms with van der Waals surface area (Å²) in [5, 5.41) is 14.1. The zero-order chi connectivity index (χ0) is 25.1. The molecule has 0 aliphatic carbocycles. The Morgan fingerprint density at radius 2 is 1.97 bits per heavy atom. The second-order valence-electron chi connectivity index (χ2n) is 10.3. The number of amides is 2. The number of rotatable bonds is 12. The fourth-order valence-electron chi connectivity index (χ4n) is 5.81. The molecule has 2 amide bonds. The monoisotopic (exact) mass is 502 g/mol. The second kappa shape index (κ2) is 11.2. The van der Waals surface area contributed by atoms with Crippen LogP contribution >= 0.6 is 0 Å². The molecular weight excluding hydrogens is 460 g/mol. The van der Waals surface area contributed by atoms with Crippen LogP contribution < -0.4 is 11.1 Å². The molecule has 0 aromatic heterocycles. The SMILES string of the molecule is CC(=O)N(CCNCC1CCN(S(=O)(=O)N(C)C)C1)CC(O)CN1[C@@H]2CCC[C@@]1(C(N)=O)CC2. The summed E-state index contributed by atoms with van der Waals surface area (Å²) in [6.45, 7) is 4.71. The number of fused-ring (bicyclic) bond motifs is 2. The first-order chi connectivity index (χ1) is 16.0. The van der Waals surface area contributed by atoms with Gasteiger partial charge in [0.1, 0.15) is 5.54 Å². The van der Waals surface area contributed by atoms with E-state index < -0.39 is 21.9 Å². The topological polar surface area (TPSA) is 140 Å². The van der Waals surface area contributed by atoms with Crippen LogP contribution in [0.5, 0.6) is 0 Å². The zero-order valence-corrected chi connectivity index (χ0v) is 21.6. The van der Waals surface area contributed by atoms with Gasteiger partial charge in [-0.15, -0.1) is 0 Å². The Labute approximate surface area is 203 Å². The summed E-state index contributed by atoms with van der Waals surface area (Å²) in [6.07, 6.45) is 4.43. The van der Waals surface area contributed by atoms with Crippen LogP contribution in [-0.4, -0.2) is 121 Å². The highest BCUT2D eigenvalue weighted by molar-refractivity contribution is 7.86. The van der Waals surface area contributed by atoms with Gasteiger partial charge in [0.2, 0.25) is 11.8 Å². The van der Waals surface area contributed by atoms with Crippen molar-refractivity contribution < 1.29 is 23.1 Å². The Hall–Kier alpha value is -1.31. The third kappa shape index (κ3) is 5.90. The summed E-state index contributed by atoms with van der Waals surface area (Å²) in [5.74, 6) is -0.194. The molecular formula is C22H42N6O5S. The minimum atomic E-state index is -3.38. The number of hydrogen-bond acceptors (Lipinski definition) is 7. The van der Waals surface area contributed by atoms with E-state index in [4.69, 9.17) is 5.73 Å². The molecule has 4 N–H and O–H groups in total. The first-order valence-electron chi connectivity index (χ1n) is 12.4. The van der Waals surface area contributed by atoms with Gasteiger partial charge in [0.15, 0.2) is 0 Å². The number of hydrogen-bond donors (Lipinski definition) is 3. The van der Waals surface area contributed by atoms with Crippen molar-refractivity contribution in [2.75, 3.05) is 59.9 Å². The summed E-state index contributed by atoms with van der Waals surface area (Å²) >= 11 is 0. The van der Waals surface area contributed by atoms with Gasteiger partial charge >= 0.3 is 0 Å². The van der Waals surface area contributed by atoms with Gasteiger partial charge in [0.05, 0.1) is 6.10 Å². The molecule has 4 atom stereocenters. The first-order valence-corrected chi connectivity index (χ1v) is 13.8. The van der Waals surface area contributed by atoms with Crippen LogP contribution in [-0.2, 0) is 19.8 Å². The molecule has 3 aliphatic rings. The number of carbonyl (C=O) groups excluding carboxylic acids is 2. The van der Waals surface area contributed by atoms with E-state index in [1.807, 2.05) is 0 Å². The van der Waals surface area contributed by atoms with Gasteiger partial charge in [-0.2, -0.15) is 17.0 Å². The van der Waals surface area contributed by atoms with Crippen molar-refractivity contribution in [1.29, 1.82) is 0 Å². The lowest BCUT2D eigenvalue weighted by atomic mass is 9.87. The molecule has 3 heterocycles. The van der Waals surface area contributed by atoms with Gasteiger partial charge < -0.3 is 21.1 Å². The van der Waals surface area contributed by atoms with Crippen LogP contribution in [0.25, 0.3) is 0 Å². The van der Waals surface area contributed by atoms with E-state index in [9.17, 15) is 23.1 Å². The number of carbonyl (C=O) groups is 2. The van der Waals surface area contributed by atoms with Crippen LogP contribution in [0.2, 0.25) is 0 Å². The van der Waals surface area contributed by atoms with Gasteiger partial charge in [0.25, 0.3) is 10.2 Å². The number of piperidine rings is 1. The van der Waals surface area contributed by atoms with Crippen molar-refractivity contribution >= 4 is 22.0 Å². The Kier molecular flexibility index (Phi) is 8.96. The fraction of sp³-hybridized carbons (Fsp3) is 0.909. The minimum absolute atomic E-state index is 0.115. The predicted octanol–water partition coefficient (Wildman–Crippen LogP) is -1.21. The fourth-order valence-corrected chi connectivity index (χ4v) is 7.00. The Morgan fingerprint density at radius 1 is 1.24 bits per heavy atom. The maximum absolute atomic E-state index is 12.3. The van der Waals surface area contributed by atoms with Crippen molar-refractivity contribution in [2.45, 2.75) is 63.1 Å². The van der Waals surface area contributed by atoms with Crippen molar-refractivity contribution in [3.63, 3.8) is 0 Å². The highest BCUT2D eigenvalue weighted by atomic mass is 32.2. The van der Waals surface area contributed by atoms with Crippen LogP contribution in [0, 0.1) is 5.92 Å². The molecule has 0 spiro atoms. The number of nitrogens with two attached hydrogens (primary N) is 1. The molecule has 0 aromatic carbocycles. The van der Waals surface area contributed by atoms with Crippen LogP contribution in [0.1, 0.15) is 45.4 Å². The predicted molar refractivity (Wildman–Crippen MR) is 129 cm³/mol. The van der Waals surface area contributed by atoms with Crippen molar-refractivity contribution in [1.82, 2.24) is 23.7 Å². The second-order valence-corrected chi connectivity index (χ2v) is 12.4. The van der Waals surface area contributed by atoms with Gasteiger partial charge in [0, 0.05) is 66.3 Å². The number of aliphatic hydroxyl groups excluding tert-OH is 1. The molecule has 3 aliphatic heterocycles. The van der Waals surface area contributed by atoms with Crippen molar-refractivity contribution in [3.05, 3.63) is 0 Å². The third-order valence-electron chi connectivity index (χ3n) is 7.78. The molecule has 0 aromatic rings. The first kappa shape index (κ1) is 27.3. The third-order valence-corrected chi connectivity index (χ3v) is 9.69. The zero-order valence-electron chi connectivity index (χ0n) is 20.8. The molecule has 12 heteroatoms. The Balaban J connectivity index is 1.44. The lowest BCUT2D eigenvalue weighted by molar-refractivity contribution is -0.135. The quantitative estimate of drug-likeness (QED) is 0.284. The molecule has 2 bridgehead atoms. The van der Waals surface area contributed by atoms with Crippen molar-refractivity contribution in [2.24, 2.45) is 11.7 Å². The molecule has 3 saturated heterocycles. The summed E-state index contributed by atoms with van der Waals surface area (Å²) in [7, 11) is -0.304. The van der Waals surface area contributed by atoms with Crippen LogP contribution in [0.15, 0.2) is 0 Å². The average molecular weight is 503 g/mol. The number of nitrogens with one attached hydrogen (secondary N) is 1.